The maximum absolute atomic E-state index is 7.70. The Bertz CT molecular complexity index is 2620. The number of hydrogen-bond acceptors (Lipinski definition) is 0. The van der Waals surface area contributed by atoms with E-state index < -0.39 is 0 Å². The molecule has 2 heteroatoms. The van der Waals surface area contributed by atoms with E-state index in [1.54, 1.807) is 0 Å². The van der Waals surface area contributed by atoms with Crippen LogP contribution < -0.4 is 0 Å². The molecule has 0 spiro atoms. The molecule has 0 N–H and O–H groups in total. The molecule has 1 atom stereocenters. The van der Waals surface area contributed by atoms with Gasteiger partial charge in [0.15, 0.2) is 5.69 Å². The summed E-state index contributed by atoms with van der Waals surface area (Å²) in [7, 11) is 0. The zero-order valence-corrected chi connectivity index (χ0v) is 25.6. The molecule has 2 aliphatic carbocycles. The maximum atomic E-state index is 7.70. The second kappa shape index (κ2) is 9.91. The number of aromatic nitrogens is 1. The molecule has 2 aliphatic rings. The Morgan fingerprint density at radius 1 is 0.553 bits per heavy atom. The predicted octanol–water partition coefficient (Wildman–Crippen LogP) is 11.7. The molecule has 7 aromatic carbocycles. The van der Waals surface area contributed by atoms with Gasteiger partial charge in [0.1, 0.15) is 0 Å². The van der Waals surface area contributed by atoms with Gasteiger partial charge in [-0.2, -0.15) is 0 Å². The minimum atomic E-state index is 0.245. The number of benzene rings is 7. The molecule has 0 radical (unpaired) electrons. The van der Waals surface area contributed by atoms with E-state index in [2.05, 4.69) is 143 Å². The van der Waals surface area contributed by atoms with Gasteiger partial charge in [-0.15, -0.1) is 0 Å². The minimum Gasteiger partial charge on any atom is -0.310 e. The third-order valence-corrected chi connectivity index (χ3v) is 10.3. The summed E-state index contributed by atoms with van der Waals surface area (Å²) in [6, 6.07) is 55.1. The van der Waals surface area contributed by atoms with E-state index in [-0.39, 0.29) is 5.92 Å². The Hall–Kier alpha value is -6.17. The summed E-state index contributed by atoms with van der Waals surface area (Å²) < 4.78 is 2.39. The Morgan fingerprint density at radius 2 is 1.32 bits per heavy atom. The average molecular weight is 597 g/mol. The number of nitrogens with zero attached hydrogens (tertiary/aromatic N) is 2. The lowest BCUT2D eigenvalue weighted by molar-refractivity contribution is 1.02. The topological polar surface area (TPSA) is 9.29 Å². The van der Waals surface area contributed by atoms with Crippen LogP contribution in [0, 0.1) is 6.57 Å². The monoisotopic (exact) mass is 596 g/mol. The minimum absolute atomic E-state index is 0.245. The van der Waals surface area contributed by atoms with Gasteiger partial charge in [-0.25, -0.2) is 4.85 Å². The van der Waals surface area contributed by atoms with Gasteiger partial charge in [0.05, 0.1) is 17.6 Å². The lowest BCUT2D eigenvalue weighted by Crippen LogP contribution is -1.98. The van der Waals surface area contributed by atoms with Crippen LogP contribution in [0.15, 0.2) is 152 Å². The largest absolute Gasteiger partial charge is 0.310 e. The fourth-order valence-corrected chi connectivity index (χ4v) is 8.27. The molecule has 0 amide bonds. The average Bonchev–Trinajstić information content (AvgIpc) is 3.79. The summed E-state index contributed by atoms with van der Waals surface area (Å²) in [4.78, 5) is 3.77. The smallest absolute Gasteiger partial charge is 0.189 e. The van der Waals surface area contributed by atoms with E-state index >= 15 is 0 Å². The van der Waals surface area contributed by atoms with Crippen molar-refractivity contribution in [3.05, 3.63) is 191 Å². The van der Waals surface area contributed by atoms with Crippen LogP contribution >= 0.6 is 0 Å². The van der Waals surface area contributed by atoms with E-state index in [0.717, 1.165) is 17.6 Å². The number of hydrogen-bond donors (Lipinski definition) is 0. The first-order valence-electron chi connectivity index (χ1n) is 16.2. The van der Waals surface area contributed by atoms with Crippen LogP contribution in [-0.4, -0.2) is 4.57 Å². The molecule has 1 unspecified atom stereocenters. The Kier molecular flexibility index (Phi) is 5.50. The molecule has 10 rings (SSSR count). The van der Waals surface area contributed by atoms with Crippen molar-refractivity contribution in [1.82, 2.24) is 4.57 Å². The molecule has 0 bridgehead atoms. The molecule has 0 saturated heterocycles. The lowest BCUT2D eigenvalue weighted by Gasteiger charge is -2.14. The highest BCUT2D eigenvalue weighted by atomic mass is 15.0. The first-order chi connectivity index (χ1) is 23.3. The van der Waals surface area contributed by atoms with Crippen molar-refractivity contribution < 1.29 is 0 Å². The Balaban J connectivity index is 1.19. The standard InChI is InChI=1S/C45H28N2/c1-46-32-13-9-14-33(27-32)47-43-23-19-30(25-41(43)39-22-21-36-34-15-6-5-12-31(34)26-42(36)45(39)47)29-18-20-38-40(24-29)35-16-7-8-17-37(35)44(38)28-10-3-2-4-11-28/h2-25,27,44H,26H2. The highest BCUT2D eigenvalue weighted by molar-refractivity contribution is 6.13. The van der Waals surface area contributed by atoms with Gasteiger partial charge >= 0.3 is 0 Å². The van der Waals surface area contributed by atoms with E-state index in [0.29, 0.717) is 5.69 Å². The van der Waals surface area contributed by atoms with E-state index in [4.69, 9.17) is 6.57 Å². The van der Waals surface area contributed by atoms with Crippen LogP contribution in [0.1, 0.15) is 33.7 Å². The van der Waals surface area contributed by atoms with Crippen LogP contribution in [0.25, 0.3) is 65.7 Å². The van der Waals surface area contributed by atoms with Crippen LogP contribution in [0.2, 0.25) is 0 Å². The van der Waals surface area contributed by atoms with Crippen LogP contribution in [-0.2, 0) is 6.42 Å². The first-order valence-corrected chi connectivity index (χ1v) is 16.2. The molecule has 1 heterocycles. The van der Waals surface area contributed by atoms with Gasteiger partial charge in [-0.3, -0.25) is 0 Å². The third-order valence-electron chi connectivity index (χ3n) is 10.3. The highest BCUT2D eigenvalue weighted by Gasteiger charge is 2.30. The Morgan fingerprint density at radius 3 is 2.21 bits per heavy atom. The zero-order valence-electron chi connectivity index (χ0n) is 25.6. The second-order valence-corrected chi connectivity index (χ2v) is 12.8. The molecule has 8 aromatic rings. The quantitative estimate of drug-likeness (QED) is 0.180. The van der Waals surface area contributed by atoms with Crippen LogP contribution in [0.4, 0.5) is 5.69 Å². The molecular weight excluding hydrogens is 569 g/mol. The van der Waals surface area contributed by atoms with Gasteiger partial charge in [-0.1, -0.05) is 121 Å². The van der Waals surface area contributed by atoms with Gasteiger partial charge < -0.3 is 4.57 Å². The summed E-state index contributed by atoms with van der Waals surface area (Å²) in [5.74, 6) is 0.245. The predicted molar refractivity (Wildman–Crippen MR) is 194 cm³/mol. The van der Waals surface area contributed by atoms with Crippen molar-refractivity contribution >= 4 is 27.5 Å². The van der Waals surface area contributed by atoms with E-state index in [9.17, 15) is 0 Å². The molecular formula is C45H28N2. The van der Waals surface area contributed by atoms with Gasteiger partial charge in [0.25, 0.3) is 0 Å². The normalized spacial score (nSPS) is 14.1. The summed E-state index contributed by atoms with van der Waals surface area (Å²) in [5.41, 5.74) is 18.6. The van der Waals surface area contributed by atoms with E-state index in [1.165, 1.54) is 77.5 Å². The summed E-state index contributed by atoms with van der Waals surface area (Å²) in [6.45, 7) is 7.70. The maximum Gasteiger partial charge on any atom is 0.189 e. The molecule has 0 fully saturated rings. The van der Waals surface area contributed by atoms with Gasteiger partial charge in [0, 0.05) is 28.8 Å². The first kappa shape index (κ1) is 26.1. The molecule has 47 heavy (non-hydrogen) atoms. The summed E-state index contributed by atoms with van der Waals surface area (Å²) in [5, 5.41) is 2.48. The van der Waals surface area contributed by atoms with Gasteiger partial charge in [0.2, 0.25) is 0 Å². The number of fused-ring (bicyclic) bond motifs is 10. The second-order valence-electron chi connectivity index (χ2n) is 12.8. The zero-order chi connectivity index (χ0) is 31.1. The lowest BCUT2D eigenvalue weighted by atomic mass is 9.89. The molecule has 218 valence electrons. The van der Waals surface area contributed by atoms with Crippen molar-refractivity contribution in [1.29, 1.82) is 0 Å². The Labute approximate surface area is 273 Å². The van der Waals surface area contributed by atoms with E-state index in [1.807, 2.05) is 18.2 Å². The molecule has 0 aliphatic heterocycles. The highest BCUT2D eigenvalue weighted by Crippen LogP contribution is 2.50. The fraction of sp³-hybridized carbons (Fsp3) is 0.0444. The number of rotatable bonds is 3. The SMILES string of the molecule is [C-]#[N+]c1cccc(-n2c3ccc(-c4ccc5c(c4)-c4ccccc4C5c4ccccc4)cc3c3ccc4c(c32)Cc2ccccc2-4)c1. The third kappa shape index (κ3) is 3.78. The van der Waals surface area contributed by atoms with Crippen molar-refractivity contribution in [3.63, 3.8) is 0 Å². The molecule has 0 saturated carbocycles. The van der Waals surface area contributed by atoms with Crippen molar-refractivity contribution in [2.75, 3.05) is 0 Å². The summed E-state index contributed by atoms with van der Waals surface area (Å²) >= 11 is 0. The molecule has 1 aromatic heterocycles. The van der Waals surface area contributed by atoms with Gasteiger partial charge in [-0.05, 0) is 91.5 Å². The van der Waals surface area contributed by atoms with Crippen LogP contribution in [0.3, 0.4) is 0 Å². The van der Waals surface area contributed by atoms with Crippen molar-refractivity contribution in [2.45, 2.75) is 12.3 Å². The summed E-state index contributed by atoms with van der Waals surface area (Å²) in [6.07, 6.45) is 0.904. The fourth-order valence-electron chi connectivity index (χ4n) is 8.27. The van der Waals surface area contributed by atoms with Crippen molar-refractivity contribution in [2.24, 2.45) is 0 Å². The molecule has 2 nitrogen and oxygen atoms in total. The van der Waals surface area contributed by atoms with Crippen molar-refractivity contribution in [3.8, 4) is 39.1 Å². The van der Waals surface area contributed by atoms with Crippen LogP contribution in [0.5, 0.6) is 0 Å².